The van der Waals surface area contributed by atoms with Crippen LogP contribution in [0.15, 0.2) is 5.16 Å². The number of nitrogens with two attached hydrogens (primary N) is 1. The minimum Gasteiger partial charge on any atom is -0.409 e. The van der Waals surface area contributed by atoms with Gasteiger partial charge in [-0.2, -0.15) is 0 Å². The first-order valence-electron chi connectivity index (χ1n) is 6.03. The standard InChI is InChI=1S/C11H19N3O3/c1-2-17-8-5-7(6-8)13-10(15)11(3-4-11)9(12)14-16/h7-8,16H,2-6H2,1H3,(H2,12,14)(H,13,15). The van der Waals surface area contributed by atoms with Gasteiger partial charge in [-0.05, 0) is 32.6 Å². The molecule has 0 aromatic rings. The van der Waals surface area contributed by atoms with E-state index in [-0.39, 0.29) is 23.9 Å². The van der Waals surface area contributed by atoms with Crippen LogP contribution in [0.3, 0.4) is 0 Å². The van der Waals surface area contributed by atoms with E-state index in [9.17, 15) is 4.79 Å². The van der Waals surface area contributed by atoms with E-state index in [1.807, 2.05) is 6.92 Å². The van der Waals surface area contributed by atoms with Gasteiger partial charge in [-0.25, -0.2) is 0 Å². The molecular weight excluding hydrogens is 222 g/mol. The topological polar surface area (TPSA) is 96.9 Å². The van der Waals surface area contributed by atoms with Crippen LogP contribution in [0.1, 0.15) is 32.6 Å². The zero-order valence-corrected chi connectivity index (χ0v) is 9.98. The first-order valence-corrected chi connectivity index (χ1v) is 6.03. The highest BCUT2D eigenvalue weighted by Crippen LogP contribution is 2.46. The van der Waals surface area contributed by atoms with E-state index in [1.165, 1.54) is 0 Å². The zero-order valence-electron chi connectivity index (χ0n) is 9.98. The van der Waals surface area contributed by atoms with Crippen LogP contribution in [0.25, 0.3) is 0 Å². The summed E-state index contributed by atoms with van der Waals surface area (Å²) in [4.78, 5) is 12.0. The van der Waals surface area contributed by atoms with Crippen molar-refractivity contribution in [1.29, 1.82) is 0 Å². The second kappa shape index (κ2) is 4.52. The van der Waals surface area contributed by atoms with Crippen molar-refractivity contribution >= 4 is 11.7 Å². The number of nitrogens with zero attached hydrogens (tertiary/aromatic N) is 1. The number of carbonyl (C=O) groups excluding carboxylic acids is 1. The van der Waals surface area contributed by atoms with Crippen LogP contribution in [0.4, 0.5) is 0 Å². The SMILES string of the molecule is CCOC1CC(NC(=O)C2(C(N)=NO)CC2)C1. The number of hydrogen-bond donors (Lipinski definition) is 3. The molecule has 0 aliphatic heterocycles. The Morgan fingerprint density at radius 2 is 2.24 bits per heavy atom. The van der Waals surface area contributed by atoms with Crippen LogP contribution in [0.5, 0.6) is 0 Å². The molecule has 2 saturated carbocycles. The van der Waals surface area contributed by atoms with E-state index in [4.69, 9.17) is 15.7 Å². The third-order valence-electron chi connectivity index (χ3n) is 3.62. The van der Waals surface area contributed by atoms with Gasteiger partial charge in [0.15, 0.2) is 5.84 Å². The summed E-state index contributed by atoms with van der Waals surface area (Å²) in [6.45, 7) is 2.67. The predicted molar refractivity (Wildman–Crippen MR) is 61.7 cm³/mol. The molecule has 96 valence electrons. The Balaban J connectivity index is 1.80. The van der Waals surface area contributed by atoms with E-state index in [0.29, 0.717) is 19.4 Å². The molecule has 0 aromatic heterocycles. The summed E-state index contributed by atoms with van der Waals surface area (Å²) in [7, 11) is 0. The molecule has 1 amide bonds. The second-order valence-corrected chi connectivity index (χ2v) is 4.79. The lowest BCUT2D eigenvalue weighted by molar-refractivity contribution is -0.126. The van der Waals surface area contributed by atoms with Crippen molar-refractivity contribution in [3.8, 4) is 0 Å². The molecule has 0 spiro atoms. The van der Waals surface area contributed by atoms with Gasteiger partial charge >= 0.3 is 0 Å². The second-order valence-electron chi connectivity index (χ2n) is 4.79. The average molecular weight is 241 g/mol. The molecule has 4 N–H and O–H groups in total. The Hall–Kier alpha value is -1.30. The number of nitrogens with one attached hydrogen (secondary N) is 1. The highest BCUT2D eigenvalue weighted by atomic mass is 16.5. The molecule has 6 heteroatoms. The highest BCUT2D eigenvalue weighted by molar-refractivity contribution is 6.09. The van der Waals surface area contributed by atoms with Crippen LogP contribution < -0.4 is 11.1 Å². The molecule has 0 radical (unpaired) electrons. The molecule has 0 atom stereocenters. The van der Waals surface area contributed by atoms with Gasteiger partial charge in [-0.1, -0.05) is 5.16 Å². The summed E-state index contributed by atoms with van der Waals surface area (Å²) in [6.07, 6.45) is 3.30. The normalized spacial score (nSPS) is 30.5. The third kappa shape index (κ3) is 2.22. The Labute approximate surface area is 100 Å². The number of amides is 1. The van der Waals surface area contributed by atoms with Crippen LogP contribution in [0, 0.1) is 5.41 Å². The largest absolute Gasteiger partial charge is 0.409 e. The van der Waals surface area contributed by atoms with E-state index < -0.39 is 5.41 Å². The number of ether oxygens (including phenoxy) is 1. The van der Waals surface area contributed by atoms with Crippen LogP contribution in [0.2, 0.25) is 0 Å². The van der Waals surface area contributed by atoms with Crippen molar-refractivity contribution in [2.45, 2.75) is 44.8 Å². The first-order chi connectivity index (χ1) is 8.12. The molecule has 0 heterocycles. The maximum absolute atomic E-state index is 12.0. The smallest absolute Gasteiger partial charge is 0.234 e. The van der Waals surface area contributed by atoms with Crippen molar-refractivity contribution in [2.75, 3.05) is 6.61 Å². The molecule has 2 aliphatic carbocycles. The minimum absolute atomic E-state index is 0.0238. The van der Waals surface area contributed by atoms with Gasteiger partial charge < -0.3 is 21.0 Å². The monoisotopic (exact) mass is 241 g/mol. The van der Waals surface area contributed by atoms with Gasteiger partial charge in [0.2, 0.25) is 5.91 Å². The van der Waals surface area contributed by atoms with Crippen molar-refractivity contribution in [2.24, 2.45) is 16.3 Å². The van der Waals surface area contributed by atoms with Crippen molar-refractivity contribution in [1.82, 2.24) is 5.32 Å². The van der Waals surface area contributed by atoms with E-state index in [0.717, 1.165) is 12.8 Å². The lowest BCUT2D eigenvalue weighted by atomic mass is 9.88. The number of hydrogen-bond acceptors (Lipinski definition) is 4. The molecule has 0 saturated heterocycles. The summed E-state index contributed by atoms with van der Waals surface area (Å²) in [5.74, 6) is -0.0940. The highest BCUT2D eigenvalue weighted by Gasteiger charge is 2.55. The fourth-order valence-electron chi connectivity index (χ4n) is 2.20. The van der Waals surface area contributed by atoms with Gasteiger partial charge in [0.25, 0.3) is 0 Å². The van der Waals surface area contributed by atoms with Crippen LogP contribution in [-0.4, -0.2) is 35.7 Å². The van der Waals surface area contributed by atoms with Crippen molar-refractivity contribution in [3.05, 3.63) is 0 Å². The third-order valence-corrected chi connectivity index (χ3v) is 3.62. The van der Waals surface area contributed by atoms with Gasteiger partial charge in [-0.3, -0.25) is 4.79 Å². The van der Waals surface area contributed by atoms with Crippen LogP contribution in [-0.2, 0) is 9.53 Å². The van der Waals surface area contributed by atoms with Crippen molar-refractivity contribution < 1.29 is 14.7 Å². The quantitative estimate of drug-likeness (QED) is 0.277. The zero-order chi connectivity index (χ0) is 12.5. The lowest BCUT2D eigenvalue weighted by Gasteiger charge is -2.36. The predicted octanol–water partition coefficient (Wildman–Crippen LogP) is 0.197. The first kappa shape index (κ1) is 12.2. The van der Waals surface area contributed by atoms with Gasteiger partial charge in [-0.15, -0.1) is 0 Å². The number of oxime groups is 1. The van der Waals surface area contributed by atoms with Crippen LogP contribution >= 0.6 is 0 Å². The number of carbonyl (C=O) groups is 1. The molecular formula is C11H19N3O3. The molecule has 0 bridgehead atoms. The van der Waals surface area contributed by atoms with Gasteiger partial charge in [0.1, 0.15) is 5.41 Å². The maximum atomic E-state index is 12.0. The fourth-order valence-corrected chi connectivity index (χ4v) is 2.20. The molecule has 2 fully saturated rings. The number of rotatable bonds is 5. The lowest BCUT2D eigenvalue weighted by Crippen LogP contribution is -2.52. The Kier molecular flexibility index (Phi) is 3.24. The molecule has 2 rings (SSSR count). The molecule has 6 nitrogen and oxygen atoms in total. The molecule has 2 aliphatic rings. The van der Waals surface area contributed by atoms with E-state index in [1.54, 1.807) is 0 Å². The van der Waals surface area contributed by atoms with Gasteiger partial charge in [0.05, 0.1) is 6.10 Å². The summed E-state index contributed by atoms with van der Waals surface area (Å²) in [5.41, 5.74) is 4.79. The molecule has 0 aromatic carbocycles. The summed E-state index contributed by atoms with van der Waals surface area (Å²) >= 11 is 0. The summed E-state index contributed by atoms with van der Waals surface area (Å²) < 4.78 is 5.42. The van der Waals surface area contributed by atoms with Gasteiger partial charge in [0, 0.05) is 12.6 Å². The maximum Gasteiger partial charge on any atom is 0.234 e. The Bertz CT molecular complexity index is 333. The minimum atomic E-state index is -0.745. The molecule has 17 heavy (non-hydrogen) atoms. The van der Waals surface area contributed by atoms with E-state index >= 15 is 0 Å². The summed E-state index contributed by atoms with van der Waals surface area (Å²) in [5, 5.41) is 14.5. The Morgan fingerprint density at radius 3 is 2.71 bits per heavy atom. The van der Waals surface area contributed by atoms with E-state index in [2.05, 4.69) is 10.5 Å². The molecule has 0 unspecified atom stereocenters. The average Bonchev–Trinajstić information content (AvgIpc) is 3.06. The van der Waals surface area contributed by atoms with Crippen molar-refractivity contribution in [3.63, 3.8) is 0 Å². The Morgan fingerprint density at radius 1 is 1.59 bits per heavy atom. The fraction of sp³-hybridized carbons (Fsp3) is 0.818. The number of amidine groups is 1. The summed E-state index contributed by atoms with van der Waals surface area (Å²) in [6, 6.07) is 0.169.